The summed E-state index contributed by atoms with van der Waals surface area (Å²) >= 11 is 0. The summed E-state index contributed by atoms with van der Waals surface area (Å²) in [6.07, 6.45) is 0. The van der Waals surface area contributed by atoms with Crippen LogP contribution in [0.5, 0.6) is 0 Å². The van der Waals surface area contributed by atoms with E-state index in [1.165, 1.54) is 30.3 Å². The zero-order valence-corrected chi connectivity index (χ0v) is 14.6. The number of sulfonamides is 1. The first-order valence-electron chi connectivity index (χ1n) is 7.81. The summed E-state index contributed by atoms with van der Waals surface area (Å²) in [4.78, 5) is 13.9. The molecule has 138 valence electrons. The van der Waals surface area contributed by atoms with E-state index in [1.807, 2.05) is 10.3 Å². The Hall–Kier alpha value is -3.10. The van der Waals surface area contributed by atoms with E-state index in [0.29, 0.717) is 5.56 Å². The monoisotopic (exact) mass is 388 g/mol. The lowest BCUT2D eigenvalue weighted by molar-refractivity contribution is 0.0936. The number of carbonyl (C=O) groups excluding carboxylic acids is 1. The van der Waals surface area contributed by atoms with Crippen LogP contribution in [-0.4, -0.2) is 14.3 Å². The molecule has 0 unspecified atom stereocenters. The van der Waals surface area contributed by atoms with E-state index >= 15 is 0 Å². The van der Waals surface area contributed by atoms with Crippen LogP contribution in [-0.2, 0) is 10.0 Å². The standard InChI is InChI=1S/C19H14F2N2O3S/c20-16-12-11-15(13-7-3-1-4-8-13)18(21)17(16)19(24)22-23-27(25,26)14-9-5-2-6-10-14/h1-12,23H,(H,22,24). The Morgan fingerprint density at radius 3 is 2.04 bits per heavy atom. The van der Waals surface area contributed by atoms with Gasteiger partial charge in [-0.3, -0.25) is 10.2 Å². The van der Waals surface area contributed by atoms with E-state index in [0.717, 1.165) is 6.07 Å². The van der Waals surface area contributed by atoms with Gasteiger partial charge in [-0.05, 0) is 29.8 Å². The van der Waals surface area contributed by atoms with Crippen LogP contribution in [0.4, 0.5) is 8.78 Å². The maximum atomic E-state index is 14.7. The molecular formula is C19H14F2N2O3S. The molecule has 0 radical (unpaired) electrons. The number of hydrazine groups is 1. The molecule has 0 aliphatic heterocycles. The van der Waals surface area contributed by atoms with Crippen molar-refractivity contribution in [1.29, 1.82) is 0 Å². The first-order chi connectivity index (χ1) is 12.9. The van der Waals surface area contributed by atoms with Crippen molar-refractivity contribution >= 4 is 15.9 Å². The molecule has 27 heavy (non-hydrogen) atoms. The molecular weight excluding hydrogens is 374 g/mol. The molecule has 0 aromatic heterocycles. The summed E-state index contributed by atoms with van der Waals surface area (Å²) in [5, 5.41) is 0. The average Bonchev–Trinajstić information content (AvgIpc) is 2.68. The number of benzene rings is 3. The zero-order valence-electron chi connectivity index (χ0n) is 13.8. The van der Waals surface area contributed by atoms with Gasteiger partial charge in [0.25, 0.3) is 15.9 Å². The normalized spacial score (nSPS) is 11.2. The first kappa shape index (κ1) is 18.7. The van der Waals surface area contributed by atoms with E-state index in [-0.39, 0.29) is 10.5 Å². The smallest absolute Gasteiger partial charge is 0.272 e. The Labute approximate surface area is 154 Å². The third-order valence-electron chi connectivity index (χ3n) is 3.76. The predicted molar refractivity (Wildman–Crippen MR) is 96.0 cm³/mol. The number of carbonyl (C=O) groups is 1. The van der Waals surface area contributed by atoms with Gasteiger partial charge in [-0.25, -0.2) is 17.2 Å². The van der Waals surface area contributed by atoms with Crippen molar-refractivity contribution in [2.24, 2.45) is 0 Å². The highest BCUT2D eigenvalue weighted by Crippen LogP contribution is 2.26. The minimum Gasteiger partial charge on any atom is -0.273 e. The summed E-state index contributed by atoms with van der Waals surface area (Å²) in [5.74, 6) is -3.44. The fourth-order valence-electron chi connectivity index (χ4n) is 2.44. The second kappa shape index (κ2) is 7.65. The fraction of sp³-hybridized carbons (Fsp3) is 0. The largest absolute Gasteiger partial charge is 0.273 e. The zero-order chi connectivity index (χ0) is 19.4. The summed E-state index contributed by atoms with van der Waals surface area (Å²) in [7, 11) is -4.08. The maximum Gasteiger partial charge on any atom is 0.272 e. The molecule has 0 saturated heterocycles. The average molecular weight is 388 g/mol. The van der Waals surface area contributed by atoms with E-state index < -0.39 is 33.1 Å². The molecule has 3 aromatic carbocycles. The number of amides is 1. The molecule has 0 aliphatic rings. The molecule has 0 heterocycles. The van der Waals surface area contributed by atoms with Crippen molar-refractivity contribution < 1.29 is 22.0 Å². The molecule has 5 nitrogen and oxygen atoms in total. The van der Waals surface area contributed by atoms with Gasteiger partial charge in [-0.15, -0.1) is 4.83 Å². The number of nitrogens with one attached hydrogen (secondary N) is 2. The molecule has 0 spiro atoms. The summed E-state index contributed by atoms with van der Waals surface area (Å²) in [5.41, 5.74) is 1.43. The molecule has 0 aliphatic carbocycles. The molecule has 2 N–H and O–H groups in total. The van der Waals surface area contributed by atoms with Crippen LogP contribution in [0.25, 0.3) is 11.1 Å². The van der Waals surface area contributed by atoms with Gasteiger partial charge in [-0.2, -0.15) is 0 Å². The van der Waals surface area contributed by atoms with Crippen LogP contribution in [0.1, 0.15) is 10.4 Å². The van der Waals surface area contributed by atoms with Gasteiger partial charge in [0.2, 0.25) is 0 Å². The van der Waals surface area contributed by atoms with Crippen molar-refractivity contribution in [1.82, 2.24) is 10.3 Å². The Morgan fingerprint density at radius 1 is 0.815 bits per heavy atom. The lowest BCUT2D eigenvalue weighted by atomic mass is 10.0. The van der Waals surface area contributed by atoms with Crippen molar-refractivity contribution in [2.45, 2.75) is 4.90 Å². The van der Waals surface area contributed by atoms with Crippen LogP contribution < -0.4 is 10.3 Å². The van der Waals surface area contributed by atoms with Gasteiger partial charge in [0, 0.05) is 5.56 Å². The van der Waals surface area contributed by atoms with E-state index in [4.69, 9.17) is 0 Å². The maximum absolute atomic E-state index is 14.7. The second-order valence-electron chi connectivity index (χ2n) is 5.52. The van der Waals surface area contributed by atoms with E-state index in [1.54, 1.807) is 36.4 Å². The van der Waals surface area contributed by atoms with Gasteiger partial charge < -0.3 is 0 Å². The van der Waals surface area contributed by atoms with Crippen molar-refractivity contribution in [3.63, 3.8) is 0 Å². The molecule has 3 rings (SSSR count). The summed E-state index contributed by atoms with van der Waals surface area (Å²) in [6.45, 7) is 0. The van der Waals surface area contributed by atoms with Crippen LogP contribution in [0.3, 0.4) is 0 Å². The third-order valence-corrected chi connectivity index (χ3v) is 5.02. The molecule has 8 heteroatoms. The minimum absolute atomic E-state index is 0.0214. The van der Waals surface area contributed by atoms with Gasteiger partial charge in [0.15, 0.2) is 0 Å². The quantitative estimate of drug-likeness (QED) is 0.659. The lowest BCUT2D eigenvalue weighted by Crippen LogP contribution is -2.42. The molecule has 0 atom stereocenters. The molecule has 3 aromatic rings. The molecule has 1 amide bonds. The summed E-state index contributed by atoms with van der Waals surface area (Å²) in [6, 6.07) is 17.7. The fourth-order valence-corrected chi connectivity index (χ4v) is 3.30. The Balaban J connectivity index is 1.87. The first-order valence-corrected chi connectivity index (χ1v) is 9.29. The third kappa shape index (κ3) is 4.02. The summed E-state index contributed by atoms with van der Waals surface area (Å²) < 4.78 is 53.0. The van der Waals surface area contributed by atoms with Crippen molar-refractivity contribution in [2.75, 3.05) is 0 Å². The number of rotatable bonds is 5. The van der Waals surface area contributed by atoms with Crippen LogP contribution >= 0.6 is 0 Å². The van der Waals surface area contributed by atoms with Gasteiger partial charge >= 0.3 is 0 Å². The highest BCUT2D eigenvalue weighted by atomic mass is 32.2. The molecule has 0 bridgehead atoms. The Morgan fingerprint density at radius 2 is 1.41 bits per heavy atom. The van der Waals surface area contributed by atoms with E-state index in [9.17, 15) is 22.0 Å². The number of halogens is 2. The topological polar surface area (TPSA) is 75.3 Å². The van der Waals surface area contributed by atoms with Gasteiger partial charge in [0.1, 0.15) is 17.2 Å². The lowest BCUT2D eigenvalue weighted by Gasteiger charge is -2.12. The van der Waals surface area contributed by atoms with Crippen LogP contribution in [0, 0.1) is 11.6 Å². The molecule has 0 fully saturated rings. The Kier molecular flexibility index (Phi) is 5.29. The van der Waals surface area contributed by atoms with Gasteiger partial charge in [0.05, 0.1) is 4.90 Å². The van der Waals surface area contributed by atoms with Crippen LogP contribution in [0.2, 0.25) is 0 Å². The van der Waals surface area contributed by atoms with E-state index in [2.05, 4.69) is 0 Å². The Bertz CT molecular complexity index is 1070. The highest BCUT2D eigenvalue weighted by molar-refractivity contribution is 7.89. The molecule has 0 saturated carbocycles. The number of hydrogen-bond donors (Lipinski definition) is 2. The number of hydrogen-bond acceptors (Lipinski definition) is 3. The van der Waals surface area contributed by atoms with Crippen molar-refractivity contribution in [3.8, 4) is 11.1 Å². The highest BCUT2D eigenvalue weighted by Gasteiger charge is 2.23. The predicted octanol–water partition coefficient (Wildman–Crippen LogP) is 3.26. The second-order valence-corrected chi connectivity index (χ2v) is 7.21. The SMILES string of the molecule is O=C(NNS(=O)(=O)c1ccccc1)c1c(F)ccc(-c2ccccc2)c1F. The minimum atomic E-state index is -4.08. The van der Waals surface area contributed by atoms with Crippen molar-refractivity contribution in [3.05, 3.63) is 90.0 Å². The van der Waals surface area contributed by atoms with Gasteiger partial charge in [-0.1, -0.05) is 48.5 Å². The van der Waals surface area contributed by atoms with Crippen LogP contribution in [0.15, 0.2) is 77.7 Å².